The van der Waals surface area contributed by atoms with Gasteiger partial charge in [0.05, 0.1) is 5.52 Å². The molecular weight excluding hydrogens is 484 g/mol. The molecule has 0 atom stereocenters. The molecule has 1 amide bonds. The lowest BCUT2D eigenvalue weighted by Crippen LogP contribution is -2.37. The van der Waals surface area contributed by atoms with Crippen LogP contribution in [0.4, 0.5) is 17.5 Å². The highest BCUT2D eigenvalue weighted by atomic mass is 16.1. The first-order chi connectivity index (χ1) is 18.8. The zero-order valence-electron chi connectivity index (χ0n) is 23.4. The highest BCUT2D eigenvalue weighted by Gasteiger charge is 2.25. The number of carbonyl (C=O) groups is 1. The molecule has 0 spiro atoms. The second kappa shape index (κ2) is 11.8. The summed E-state index contributed by atoms with van der Waals surface area (Å²) in [5, 5.41) is 7.61. The summed E-state index contributed by atoms with van der Waals surface area (Å²) in [6.45, 7) is 7.65. The molecule has 202 valence electrons. The minimum Gasteiger partial charge on any atom is -0.365 e. The van der Waals surface area contributed by atoms with E-state index in [0.717, 1.165) is 60.4 Å². The van der Waals surface area contributed by atoms with E-state index in [-0.39, 0.29) is 11.8 Å². The van der Waals surface area contributed by atoms with Crippen molar-refractivity contribution in [1.82, 2.24) is 14.9 Å². The highest BCUT2D eigenvalue weighted by molar-refractivity contribution is 5.92. The number of carbonyl (C=O) groups excluding carboxylic acids is 1. The number of amides is 1. The maximum atomic E-state index is 12.9. The number of aryl methyl sites for hydroxylation is 2. The highest BCUT2D eigenvalue weighted by Crippen LogP contribution is 2.25. The van der Waals surface area contributed by atoms with Crippen molar-refractivity contribution in [3.8, 4) is 0 Å². The largest absolute Gasteiger partial charge is 0.365 e. The molecule has 2 heterocycles. The van der Waals surface area contributed by atoms with Crippen molar-refractivity contribution in [2.45, 2.75) is 39.8 Å². The fourth-order valence-corrected chi connectivity index (χ4v) is 5.00. The Balaban J connectivity index is 1.14. The lowest BCUT2D eigenvalue weighted by Gasteiger charge is -2.31. The molecule has 2 N–H and O–H groups in total. The molecule has 1 aromatic heterocycles. The molecule has 0 unspecified atom stereocenters. The summed E-state index contributed by atoms with van der Waals surface area (Å²) in [7, 11) is 3.89. The number of nitrogens with one attached hydrogen (secondary N) is 2. The van der Waals surface area contributed by atoms with Gasteiger partial charge in [-0.2, -0.15) is 4.98 Å². The Morgan fingerprint density at radius 2 is 1.56 bits per heavy atom. The van der Waals surface area contributed by atoms with E-state index >= 15 is 0 Å². The Hall–Kier alpha value is -3.97. The smallest absolute Gasteiger partial charge is 0.227 e. The molecule has 1 fully saturated rings. The quantitative estimate of drug-likeness (QED) is 0.306. The van der Waals surface area contributed by atoms with Gasteiger partial charge in [-0.25, -0.2) is 4.98 Å². The van der Waals surface area contributed by atoms with E-state index in [2.05, 4.69) is 76.8 Å². The first kappa shape index (κ1) is 26.6. The van der Waals surface area contributed by atoms with Crippen molar-refractivity contribution in [1.29, 1.82) is 0 Å². The summed E-state index contributed by atoms with van der Waals surface area (Å²) in [6.07, 6.45) is 1.78. The lowest BCUT2D eigenvalue weighted by molar-refractivity contribution is -0.121. The molecule has 3 aromatic carbocycles. The molecule has 4 aromatic rings. The zero-order valence-corrected chi connectivity index (χ0v) is 23.4. The van der Waals surface area contributed by atoms with E-state index in [1.165, 1.54) is 16.7 Å². The predicted octanol–water partition coefficient (Wildman–Crippen LogP) is 5.78. The van der Waals surface area contributed by atoms with Gasteiger partial charge in [-0.15, -0.1) is 0 Å². The SMILES string of the molecule is Cc1ccc(CN2CCC(C(=O)Nc3ccc(CNc4nc(N(C)C)nc5cc(C)ccc45)cc3)CC2)cc1. The van der Waals surface area contributed by atoms with Crippen molar-refractivity contribution in [2.24, 2.45) is 5.92 Å². The van der Waals surface area contributed by atoms with Gasteiger partial charge < -0.3 is 15.5 Å². The van der Waals surface area contributed by atoms with Gasteiger partial charge in [-0.05, 0) is 80.7 Å². The molecule has 39 heavy (non-hydrogen) atoms. The predicted molar refractivity (Wildman–Crippen MR) is 160 cm³/mol. The lowest BCUT2D eigenvalue weighted by atomic mass is 9.95. The number of anilines is 3. The molecule has 0 bridgehead atoms. The standard InChI is InChI=1S/C32H38N6O/c1-22-5-8-25(9-6-22)21-38-17-15-26(16-18-38)31(39)34-27-12-10-24(11-13-27)20-33-30-28-14-7-23(2)19-29(28)35-32(36-30)37(3)4/h5-14,19,26H,15-18,20-21H2,1-4H3,(H,34,39)(H,33,35,36). The van der Waals surface area contributed by atoms with Crippen LogP contribution in [-0.4, -0.2) is 48.0 Å². The van der Waals surface area contributed by atoms with Gasteiger partial charge in [0.15, 0.2) is 0 Å². The number of likely N-dealkylation sites (tertiary alicyclic amines) is 1. The number of fused-ring (bicyclic) bond motifs is 1. The normalized spacial score (nSPS) is 14.4. The van der Waals surface area contributed by atoms with Crippen LogP contribution in [0, 0.1) is 19.8 Å². The van der Waals surface area contributed by atoms with Crippen LogP contribution in [0.15, 0.2) is 66.7 Å². The summed E-state index contributed by atoms with van der Waals surface area (Å²) in [5.74, 6) is 1.67. The average molecular weight is 523 g/mol. The first-order valence-corrected chi connectivity index (χ1v) is 13.7. The summed E-state index contributed by atoms with van der Waals surface area (Å²) in [6, 6.07) is 23.0. The van der Waals surface area contributed by atoms with Crippen LogP contribution >= 0.6 is 0 Å². The van der Waals surface area contributed by atoms with Crippen LogP contribution in [0.2, 0.25) is 0 Å². The second-order valence-electron chi connectivity index (χ2n) is 10.9. The zero-order chi connectivity index (χ0) is 27.4. The fourth-order valence-electron chi connectivity index (χ4n) is 5.00. The number of rotatable bonds is 8. The second-order valence-corrected chi connectivity index (χ2v) is 10.9. The van der Waals surface area contributed by atoms with Gasteiger partial charge in [-0.1, -0.05) is 48.0 Å². The summed E-state index contributed by atoms with van der Waals surface area (Å²) < 4.78 is 0. The van der Waals surface area contributed by atoms with Crippen LogP contribution in [0.3, 0.4) is 0 Å². The van der Waals surface area contributed by atoms with E-state index in [0.29, 0.717) is 12.5 Å². The van der Waals surface area contributed by atoms with Crippen molar-refractivity contribution < 1.29 is 4.79 Å². The Morgan fingerprint density at radius 1 is 0.897 bits per heavy atom. The summed E-state index contributed by atoms with van der Waals surface area (Å²) >= 11 is 0. The van der Waals surface area contributed by atoms with Gasteiger partial charge in [0, 0.05) is 44.2 Å². The Kier molecular flexibility index (Phi) is 8.07. The number of piperidine rings is 1. The van der Waals surface area contributed by atoms with Crippen LogP contribution in [0.5, 0.6) is 0 Å². The van der Waals surface area contributed by atoms with Crippen molar-refractivity contribution in [3.05, 3.63) is 89.0 Å². The van der Waals surface area contributed by atoms with E-state index < -0.39 is 0 Å². The minimum atomic E-state index is 0.0567. The van der Waals surface area contributed by atoms with Crippen molar-refractivity contribution >= 4 is 34.3 Å². The molecule has 1 aliphatic heterocycles. The average Bonchev–Trinajstić information content (AvgIpc) is 2.93. The molecule has 1 aliphatic rings. The number of hydrogen-bond acceptors (Lipinski definition) is 6. The Bertz CT molecular complexity index is 1420. The fraction of sp³-hybridized carbons (Fsp3) is 0.344. The monoisotopic (exact) mass is 522 g/mol. The van der Waals surface area contributed by atoms with E-state index in [1.807, 2.05) is 43.3 Å². The van der Waals surface area contributed by atoms with Crippen molar-refractivity contribution in [3.63, 3.8) is 0 Å². The van der Waals surface area contributed by atoms with Gasteiger partial charge in [-0.3, -0.25) is 9.69 Å². The Labute approximate surface area is 231 Å². The van der Waals surface area contributed by atoms with Gasteiger partial charge >= 0.3 is 0 Å². The van der Waals surface area contributed by atoms with Crippen molar-refractivity contribution in [2.75, 3.05) is 42.7 Å². The maximum absolute atomic E-state index is 12.9. The number of hydrogen-bond donors (Lipinski definition) is 2. The van der Waals surface area contributed by atoms with Gasteiger partial charge in [0.25, 0.3) is 0 Å². The molecule has 7 heteroatoms. The number of nitrogens with zero attached hydrogens (tertiary/aromatic N) is 4. The molecule has 0 aliphatic carbocycles. The molecule has 1 saturated heterocycles. The molecule has 0 radical (unpaired) electrons. The molecule has 0 saturated carbocycles. The van der Waals surface area contributed by atoms with Crippen LogP contribution in [-0.2, 0) is 17.9 Å². The molecular formula is C32H38N6O. The third-order valence-electron chi connectivity index (χ3n) is 7.41. The topological polar surface area (TPSA) is 73.4 Å². The van der Waals surface area contributed by atoms with Crippen LogP contribution < -0.4 is 15.5 Å². The maximum Gasteiger partial charge on any atom is 0.227 e. The molecule has 7 nitrogen and oxygen atoms in total. The number of benzene rings is 3. The number of aromatic nitrogens is 2. The van der Waals surface area contributed by atoms with Crippen LogP contribution in [0.25, 0.3) is 10.9 Å². The van der Waals surface area contributed by atoms with Gasteiger partial charge in [0.2, 0.25) is 11.9 Å². The molecule has 5 rings (SSSR count). The Morgan fingerprint density at radius 3 is 2.26 bits per heavy atom. The first-order valence-electron chi connectivity index (χ1n) is 13.7. The van der Waals surface area contributed by atoms with E-state index in [9.17, 15) is 4.79 Å². The van der Waals surface area contributed by atoms with Crippen LogP contribution in [0.1, 0.15) is 35.1 Å². The third kappa shape index (κ3) is 6.73. The third-order valence-corrected chi connectivity index (χ3v) is 7.41. The summed E-state index contributed by atoms with van der Waals surface area (Å²) in [4.78, 5) is 26.7. The van der Waals surface area contributed by atoms with Gasteiger partial charge in [0.1, 0.15) is 5.82 Å². The van der Waals surface area contributed by atoms with E-state index in [4.69, 9.17) is 4.98 Å². The van der Waals surface area contributed by atoms with E-state index in [1.54, 1.807) is 0 Å². The summed E-state index contributed by atoms with van der Waals surface area (Å²) in [5.41, 5.74) is 6.66. The minimum absolute atomic E-state index is 0.0567.